The van der Waals surface area contributed by atoms with Crippen LogP contribution in [0, 0.1) is 46.1 Å². The number of carbonyl (C=O) groups excluding carboxylic acids is 2. The predicted octanol–water partition coefficient (Wildman–Crippen LogP) is 3.69. The fourth-order valence-corrected chi connectivity index (χ4v) is 5.86. The zero-order chi connectivity index (χ0) is 21.5. The van der Waals surface area contributed by atoms with Crippen LogP contribution in [-0.4, -0.2) is 28.0 Å². The van der Waals surface area contributed by atoms with Gasteiger partial charge in [0.25, 0.3) is 17.5 Å². The number of allylic oxidation sites excluding steroid dienone is 2. The Morgan fingerprint density at radius 1 is 1.13 bits per heavy atom. The molecule has 31 heavy (non-hydrogen) atoms. The largest absolute Gasteiger partial charge is 0.455 e. The molecule has 8 heteroatoms. The topological polar surface area (TPSA) is 106 Å². The first-order valence-electron chi connectivity index (χ1n) is 10.4. The van der Waals surface area contributed by atoms with Crippen LogP contribution in [0.1, 0.15) is 24.2 Å². The van der Waals surface area contributed by atoms with Crippen LogP contribution in [0.3, 0.4) is 0 Å². The molecule has 3 aliphatic carbocycles. The van der Waals surface area contributed by atoms with Crippen LogP contribution in [0.25, 0.3) is 11.3 Å². The smallest absolute Gasteiger partial charge is 0.280 e. The van der Waals surface area contributed by atoms with Gasteiger partial charge in [-0.1, -0.05) is 18.2 Å². The number of fused-ring (bicyclic) bond motifs is 3. The summed E-state index contributed by atoms with van der Waals surface area (Å²) in [5.74, 6) is -0.156. The summed E-state index contributed by atoms with van der Waals surface area (Å²) in [5, 5.41) is 16.5. The highest BCUT2D eigenvalue weighted by Gasteiger charge is 2.73. The summed E-state index contributed by atoms with van der Waals surface area (Å²) in [6, 6.07) is 8.12. The molecule has 1 aromatic heterocycles. The summed E-state index contributed by atoms with van der Waals surface area (Å²) in [6.45, 7) is 1.78. The number of nitro benzene ring substituents is 1. The second-order valence-electron chi connectivity index (χ2n) is 8.93. The summed E-state index contributed by atoms with van der Waals surface area (Å²) >= 11 is 0. The Bertz CT molecular complexity index is 1190. The van der Waals surface area contributed by atoms with E-state index < -0.39 is 4.92 Å². The Morgan fingerprint density at radius 2 is 1.81 bits per heavy atom. The molecule has 8 nitrogen and oxygen atoms in total. The third kappa shape index (κ3) is 2.38. The molecule has 2 amide bonds. The Kier molecular flexibility index (Phi) is 3.53. The summed E-state index contributed by atoms with van der Waals surface area (Å²) in [6.07, 6.45) is 7.73. The van der Waals surface area contributed by atoms with Crippen molar-refractivity contribution in [3.8, 4) is 11.3 Å². The monoisotopic (exact) mass is 417 g/mol. The minimum atomic E-state index is -0.450. The third-order valence-corrected chi connectivity index (χ3v) is 7.37. The number of benzene rings is 1. The van der Waals surface area contributed by atoms with Crippen molar-refractivity contribution in [3.63, 3.8) is 0 Å². The average molecular weight is 417 g/mol. The van der Waals surface area contributed by atoms with Gasteiger partial charge in [0, 0.05) is 6.07 Å². The van der Waals surface area contributed by atoms with Gasteiger partial charge in [0.2, 0.25) is 0 Å². The first kappa shape index (κ1) is 18.2. The van der Waals surface area contributed by atoms with E-state index in [0.29, 0.717) is 17.1 Å². The minimum Gasteiger partial charge on any atom is -0.455 e. The van der Waals surface area contributed by atoms with Gasteiger partial charge in [-0.25, -0.2) is 0 Å². The number of aryl methyl sites for hydroxylation is 1. The maximum Gasteiger partial charge on any atom is 0.280 e. The van der Waals surface area contributed by atoms with Gasteiger partial charge < -0.3 is 4.42 Å². The maximum atomic E-state index is 13.0. The van der Waals surface area contributed by atoms with E-state index in [1.807, 2.05) is 0 Å². The molecule has 0 unspecified atom stereocenters. The summed E-state index contributed by atoms with van der Waals surface area (Å²) in [4.78, 5) is 36.8. The van der Waals surface area contributed by atoms with E-state index in [1.54, 1.807) is 31.2 Å². The molecule has 0 N–H and O–H groups in total. The number of hydrogen-bond donors (Lipinski definition) is 0. The third-order valence-electron chi connectivity index (χ3n) is 7.37. The number of hydrazone groups is 1. The lowest BCUT2D eigenvalue weighted by Crippen LogP contribution is -2.30. The Morgan fingerprint density at radius 3 is 2.42 bits per heavy atom. The highest BCUT2D eigenvalue weighted by molar-refractivity contribution is 6.07. The zero-order valence-electron chi connectivity index (χ0n) is 16.7. The van der Waals surface area contributed by atoms with Crippen molar-refractivity contribution in [1.82, 2.24) is 5.01 Å². The molecule has 3 fully saturated rings. The molecular weight excluding hydrogens is 398 g/mol. The van der Waals surface area contributed by atoms with Gasteiger partial charge in [-0.05, 0) is 60.8 Å². The van der Waals surface area contributed by atoms with E-state index in [9.17, 15) is 19.7 Å². The highest BCUT2D eigenvalue weighted by atomic mass is 16.6. The van der Waals surface area contributed by atoms with E-state index in [1.165, 1.54) is 12.3 Å². The lowest BCUT2D eigenvalue weighted by atomic mass is 9.85. The van der Waals surface area contributed by atoms with Crippen molar-refractivity contribution >= 4 is 23.7 Å². The van der Waals surface area contributed by atoms with E-state index >= 15 is 0 Å². The normalized spacial score (nSPS) is 29.5. The first-order chi connectivity index (χ1) is 14.9. The molecule has 2 heterocycles. The number of nitrogens with zero attached hydrogens (tertiary/aromatic N) is 3. The van der Waals surface area contributed by atoms with Crippen LogP contribution < -0.4 is 0 Å². The molecule has 1 aliphatic heterocycles. The SMILES string of the molecule is Cc1ccc(-c2ccc(C=NN3C(=O)[C@H]4[C@H](C3=O)[C@H]3C=C[C@H]4C34CC4)o2)c([N+](=O)[O-])c1. The fraction of sp³-hybridized carbons (Fsp3) is 0.348. The van der Waals surface area contributed by atoms with Crippen molar-refractivity contribution in [2.45, 2.75) is 19.8 Å². The van der Waals surface area contributed by atoms with Gasteiger partial charge >= 0.3 is 0 Å². The van der Waals surface area contributed by atoms with Crippen LogP contribution in [-0.2, 0) is 9.59 Å². The minimum absolute atomic E-state index is 0.0486. The van der Waals surface area contributed by atoms with Crippen LogP contribution >= 0.6 is 0 Å². The first-order valence-corrected chi connectivity index (χ1v) is 10.4. The lowest BCUT2D eigenvalue weighted by molar-refractivity contribution is -0.384. The molecule has 1 saturated heterocycles. The molecule has 156 valence electrons. The number of nitro groups is 1. The van der Waals surface area contributed by atoms with Gasteiger partial charge in [-0.15, -0.1) is 0 Å². The maximum absolute atomic E-state index is 13.0. The van der Waals surface area contributed by atoms with Crippen LogP contribution in [0.5, 0.6) is 0 Å². The van der Waals surface area contributed by atoms with Crippen molar-refractivity contribution < 1.29 is 18.9 Å². The molecule has 1 spiro atoms. The second kappa shape index (κ2) is 6.00. The summed E-state index contributed by atoms with van der Waals surface area (Å²) < 4.78 is 5.71. The van der Waals surface area contributed by atoms with Crippen molar-refractivity contribution in [3.05, 3.63) is 63.9 Å². The lowest BCUT2D eigenvalue weighted by Gasteiger charge is -2.18. The molecule has 0 radical (unpaired) electrons. The predicted molar refractivity (Wildman–Crippen MR) is 110 cm³/mol. The summed E-state index contributed by atoms with van der Waals surface area (Å²) in [7, 11) is 0. The van der Waals surface area contributed by atoms with Crippen molar-refractivity contribution in [2.24, 2.45) is 34.2 Å². The van der Waals surface area contributed by atoms with Crippen LogP contribution in [0.15, 0.2) is 52.0 Å². The van der Waals surface area contributed by atoms with Gasteiger partial charge in [0.1, 0.15) is 11.5 Å². The number of amides is 2. The molecule has 2 bridgehead atoms. The standard InChI is InChI=1S/C23H19N3O5/c1-12-2-4-14(17(10-12)26(29)30)18-7-3-13(31-18)11-24-25-21(27)19-15-5-6-16(20(19)22(25)28)23(15)8-9-23/h2-7,10-11,15-16,19-20H,8-9H2,1H3/t15-,16-,19-,20-/m1/s1. The molecule has 1 aromatic carbocycles. The Balaban J connectivity index is 1.25. The molecular formula is C23H19N3O5. The number of imide groups is 1. The second-order valence-corrected chi connectivity index (χ2v) is 8.93. The molecule has 4 aliphatic rings. The van der Waals surface area contributed by atoms with Gasteiger partial charge in [0.05, 0.1) is 28.5 Å². The Hall–Kier alpha value is -3.55. The number of carbonyl (C=O) groups is 2. The molecule has 6 rings (SSSR count). The van der Waals surface area contributed by atoms with Crippen LogP contribution in [0.2, 0.25) is 0 Å². The number of furan rings is 1. The molecule has 2 aromatic rings. The Labute approximate surface area is 177 Å². The molecule has 4 atom stereocenters. The van der Waals surface area contributed by atoms with Crippen LogP contribution in [0.4, 0.5) is 5.69 Å². The van der Waals surface area contributed by atoms with E-state index in [4.69, 9.17) is 4.42 Å². The fourth-order valence-electron chi connectivity index (χ4n) is 5.86. The van der Waals surface area contributed by atoms with E-state index in [-0.39, 0.29) is 46.6 Å². The van der Waals surface area contributed by atoms with Gasteiger partial charge in [0.15, 0.2) is 0 Å². The van der Waals surface area contributed by atoms with Gasteiger partial charge in [-0.2, -0.15) is 10.1 Å². The van der Waals surface area contributed by atoms with Crippen molar-refractivity contribution in [2.75, 3.05) is 0 Å². The van der Waals surface area contributed by atoms with Crippen molar-refractivity contribution in [1.29, 1.82) is 0 Å². The van der Waals surface area contributed by atoms with E-state index in [0.717, 1.165) is 23.4 Å². The number of hydrogen-bond acceptors (Lipinski definition) is 6. The molecule has 2 saturated carbocycles. The average Bonchev–Trinajstić information content (AvgIpc) is 3.03. The highest BCUT2D eigenvalue weighted by Crippen LogP contribution is 2.73. The zero-order valence-corrected chi connectivity index (χ0v) is 16.7. The van der Waals surface area contributed by atoms with E-state index in [2.05, 4.69) is 17.3 Å². The van der Waals surface area contributed by atoms with Gasteiger partial charge in [-0.3, -0.25) is 19.7 Å². The quantitative estimate of drug-likeness (QED) is 0.248. The summed E-state index contributed by atoms with van der Waals surface area (Å²) in [5.41, 5.74) is 1.23. The number of rotatable bonds is 4.